The molecule has 0 aliphatic heterocycles. The van der Waals surface area contributed by atoms with E-state index in [2.05, 4.69) is 0 Å². The number of halogens is 1. The van der Waals surface area contributed by atoms with Gasteiger partial charge in [0.15, 0.2) is 0 Å². The van der Waals surface area contributed by atoms with Crippen molar-refractivity contribution in [3.8, 4) is 11.1 Å². The molecule has 0 aliphatic carbocycles. The van der Waals surface area contributed by atoms with Crippen LogP contribution < -0.4 is 0 Å². The van der Waals surface area contributed by atoms with Crippen LogP contribution in [0.1, 0.15) is 22.3 Å². The maximum absolute atomic E-state index is 13.4. The number of carboxylic acids is 1. The van der Waals surface area contributed by atoms with Crippen LogP contribution in [0.2, 0.25) is 0 Å². The van der Waals surface area contributed by atoms with Crippen molar-refractivity contribution in [1.29, 1.82) is 0 Å². The molecule has 1 N–H and O–H groups in total. The van der Waals surface area contributed by atoms with Crippen LogP contribution >= 0.6 is 0 Å². The third-order valence-electron chi connectivity index (χ3n) is 3.39. The minimum atomic E-state index is -0.990. The SMILES string of the molecule is Cc1cc(C)c(/C=C/C(=O)O)c(-c2ccc(F)c(C)c2)c1. The van der Waals surface area contributed by atoms with Crippen LogP contribution in [-0.2, 0) is 4.79 Å². The molecule has 2 rings (SSSR count). The number of benzene rings is 2. The molecule has 2 nitrogen and oxygen atoms in total. The van der Waals surface area contributed by atoms with E-state index in [1.54, 1.807) is 25.1 Å². The number of carboxylic acid groups (broad SMARTS) is 1. The standard InChI is InChI=1S/C18H17FO2/c1-11-8-12(2)15(5-7-18(20)21)16(9-11)14-4-6-17(19)13(3)10-14/h4-10H,1-3H3,(H,20,21)/b7-5+. The predicted molar refractivity (Wildman–Crippen MR) is 82.7 cm³/mol. The highest BCUT2D eigenvalue weighted by Crippen LogP contribution is 2.30. The van der Waals surface area contributed by atoms with Gasteiger partial charge in [-0.25, -0.2) is 9.18 Å². The van der Waals surface area contributed by atoms with Gasteiger partial charge in [-0.05, 0) is 66.8 Å². The highest BCUT2D eigenvalue weighted by molar-refractivity contribution is 5.88. The molecule has 0 radical (unpaired) electrons. The molecule has 0 heterocycles. The van der Waals surface area contributed by atoms with Crippen LogP contribution in [0.4, 0.5) is 4.39 Å². The molecule has 108 valence electrons. The number of carbonyl (C=O) groups is 1. The normalized spacial score (nSPS) is 11.0. The lowest BCUT2D eigenvalue weighted by Crippen LogP contribution is -1.93. The molecule has 0 unspecified atom stereocenters. The zero-order chi connectivity index (χ0) is 15.6. The first-order valence-electron chi connectivity index (χ1n) is 6.67. The number of rotatable bonds is 3. The van der Waals surface area contributed by atoms with E-state index in [1.807, 2.05) is 26.0 Å². The summed E-state index contributed by atoms with van der Waals surface area (Å²) in [6.45, 7) is 5.64. The van der Waals surface area contributed by atoms with Crippen LogP contribution in [0.25, 0.3) is 17.2 Å². The Morgan fingerprint density at radius 2 is 1.81 bits per heavy atom. The van der Waals surface area contributed by atoms with E-state index >= 15 is 0 Å². The van der Waals surface area contributed by atoms with Gasteiger partial charge in [-0.15, -0.1) is 0 Å². The van der Waals surface area contributed by atoms with E-state index in [-0.39, 0.29) is 5.82 Å². The molecule has 0 spiro atoms. The van der Waals surface area contributed by atoms with Crippen LogP contribution in [0.3, 0.4) is 0 Å². The molecule has 0 atom stereocenters. The van der Waals surface area contributed by atoms with Gasteiger partial charge in [0.1, 0.15) is 5.82 Å². The van der Waals surface area contributed by atoms with Gasteiger partial charge >= 0.3 is 5.97 Å². The second-order valence-corrected chi connectivity index (χ2v) is 5.18. The predicted octanol–water partition coefficient (Wildman–Crippen LogP) is 4.52. The second-order valence-electron chi connectivity index (χ2n) is 5.18. The van der Waals surface area contributed by atoms with E-state index in [0.29, 0.717) is 5.56 Å². The Labute approximate surface area is 123 Å². The van der Waals surface area contributed by atoms with E-state index in [1.165, 1.54) is 6.07 Å². The Kier molecular flexibility index (Phi) is 4.22. The number of aryl methyl sites for hydroxylation is 3. The summed E-state index contributed by atoms with van der Waals surface area (Å²) in [4.78, 5) is 10.8. The molecule has 0 saturated heterocycles. The lowest BCUT2D eigenvalue weighted by atomic mass is 9.92. The van der Waals surface area contributed by atoms with Crippen LogP contribution in [0.5, 0.6) is 0 Å². The lowest BCUT2D eigenvalue weighted by Gasteiger charge is -2.12. The van der Waals surface area contributed by atoms with Crippen LogP contribution in [0, 0.1) is 26.6 Å². The van der Waals surface area contributed by atoms with Gasteiger partial charge in [0.05, 0.1) is 0 Å². The van der Waals surface area contributed by atoms with Crippen LogP contribution in [0.15, 0.2) is 36.4 Å². The number of aliphatic carboxylic acids is 1. The van der Waals surface area contributed by atoms with Crippen molar-refractivity contribution < 1.29 is 14.3 Å². The van der Waals surface area contributed by atoms with Gasteiger partial charge < -0.3 is 5.11 Å². The fourth-order valence-electron chi connectivity index (χ4n) is 2.41. The molecule has 2 aromatic carbocycles. The van der Waals surface area contributed by atoms with E-state index in [0.717, 1.165) is 33.9 Å². The summed E-state index contributed by atoms with van der Waals surface area (Å²) in [5.41, 5.74) is 5.27. The van der Waals surface area contributed by atoms with Crippen molar-refractivity contribution in [2.45, 2.75) is 20.8 Å². The summed E-state index contributed by atoms with van der Waals surface area (Å²) in [5.74, 6) is -1.23. The summed E-state index contributed by atoms with van der Waals surface area (Å²) in [6, 6.07) is 8.92. The molecule has 0 fully saturated rings. The van der Waals surface area contributed by atoms with Crippen molar-refractivity contribution in [1.82, 2.24) is 0 Å². The second kappa shape index (κ2) is 5.92. The highest BCUT2D eigenvalue weighted by atomic mass is 19.1. The Hall–Kier alpha value is -2.42. The highest BCUT2D eigenvalue weighted by Gasteiger charge is 2.09. The Morgan fingerprint density at radius 1 is 1.10 bits per heavy atom. The van der Waals surface area contributed by atoms with Crippen LogP contribution in [-0.4, -0.2) is 11.1 Å². The third-order valence-corrected chi connectivity index (χ3v) is 3.39. The van der Waals surface area contributed by atoms with E-state index in [9.17, 15) is 9.18 Å². The molecule has 0 bridgehead atoms. The van der Waals surface area contributed by atoms with Crippen molar-refractivity contribution in [2.24, 2.45) is 0 Å². The molecule has 0 saturated carbocycles. The van der Waals surface area contributed by atoms with Crippen molar-refractivity contribution >= 4 is 12.0 Å². The first-order valence-corrected chi connectivity index (χ1v) is 6.67. The molecular formula is C18H17FO2. The van der Waals surface area contributed by atoms with Crippen molar-refractivity contribution in [2.75, 3.05) is 0 Å². The summed E-state index contributed by atoms with van der Waals surface area (Å²) < 4.78 is 13.4. The molecule has 0 amide bonds. The Morgan fingerprint density at radius 3 is 2.43 bits per heavy atom. The van der Waals surface area contributed by atoms with Gasteiger partial charge in [0.25, 0.3) is 0 Å². The monoisotopic (exact) mass is 284 g/mol. The maximum Gasteiger partial charge on any atom is 0.328 e. The fraction of sp³-hybridized carbons (Fsp3) is 0.167. The largest absolute Gasteiger partial charge is 0.478 e. The molecule has 0 aromatic heterocycles. The minimum Gasteiger partial charge on any atom is -0.478 e. The zero-order valence-electron chi connectivity index (χ0n) is 12.3. The molecule has 21 heavy (non-hydrogen) atoms. The quantitative estimate of drug-likeness (QED) is 0.842. The van der Waals surface area contributed by atoms with Gasteiger partial charge in [-0.1, -0.05) is 23.8 Å². The van der Waals surface area contributed by atoms with E-state index in [4.69, 9.17) is 5.11 Å². The molecular weight excluding hydrogens is 267 g/mol. The average molecular weight is 284 g/mol. The van der Waals surface area contributed by atoms with E-state index < -0.39 is 5.97 Å². The summed E-state index contributed by atoms with van der Waals surface area (Å²) in [5, 5.41) is 8.83. The van der Waals surface area contributed by atoms with Gasteiger partial charge in [-0.3, -0.25) is 0 Å². The maximum atomic E-state index is 13.4. The molecule has 3 heteroatoms. The zero-order valence-corrected chi connectivity index (χ0v) is 12.3. The molecule has 2 aromatic rings. The minimum absolute atomic E-state index is 0.245. The average Bonchev–Trinajstić information content (AvgIpc) is 2.40. The van der Waals surface area contributed by atoms with Gasteiger partial charge in [0, 0.05) is 6.08 Å². The lowest BCUT2D eigenvalue weighted by molar-refractivity contribution is -0.131. The first-order chi connectivity index (χ1) is 9.88. The Bertz CT molecular complexity index is 730. The Balaban J connectivity index is 2.65. The summed E-state index contributed by atoms with van der Waals surface area (Å²) in [7, 11) is 0. The topological polar surface area (TPSA) is 37.3 Å². The number of hydrogen-bond donors (Lipinski definition) is 1. The van der Waals surface area contributed by atoms with Gasteiger partial charge in [-0.2, -0.15) is 0 Å². The molecule has 0 aliphatic rings. The first kappa shape index (κ1) is 15.0. The number of hydrogen-bond acceptors (Lipinski definition) is 1. The van der Waals surface area contributed by atoms with Crippen molar-refractivity contribution in [3.63, 3.8) is 0 Å². The smallest absolute Gasteiger partial charge is 0.328 e. The van der Waals surface area contributed by atoms with Gasteiger partial charge in [0.2, 0.25) is 0 Å². The summed E-state index contributed by atoms with van der Waals surface area (Å²) in [6.07, 6.45) is 2.71. The fourth-order valence-corrected chi connectivity index (χ4v) is 2.41. The van der Waals surface area contributed by atoms with Crippen molar-refractivity contribution in [3.05, 3.63) is 64.5 Å². The third kappa shape index (κ3) is 3.37. The summed E-state index contributed by atoms with van der Waals surface area (Å²) >= 11 is 0.